The summed E-state index contributed by atoms with van der Waals surface area (Å²) >= 11 is 0. The lowest BCUT2D eigenvalue weighted by atomic mass is 9.95. The van der Waals surface area contributed by atoms with E-state index >= 15 is 0 Å². The zero-order valence-corrected chi connectivity index (χ0v) is 20.9. The molecule has 3 aromatic rings. The Morgan fingerprint density at radius 2 is 1.51 bits per heavy atom. The maximum Gasteiger partial charge on any atom is 0.223 e. The van der Waals surface area contributed by atoms with Crippen molar-refractivity contribution in [1.82, 2.24) is 15.1 Å². The van der Waals surface area contributed by atoms with Gasteiger partial charge in [0.25, 0.3) is 0 Å². The molecule has 0 aromatic heterocycles. The Kier molecular flexibility index (Phi) is 7.60. The van der Waals surface area contributed by atoms with Gasteiger partial charge in [0.05, 0.1) is 0 Å². The Hall–Kier alpha value is -2.95. The zero-order valence-electron chi connectivity index (χ0n) is 20.9. The number of amides is 1. The Morgan fingerprint density at radius 3 is 2.29 bits per heavy atom. The highest BCUT2D eigenvalue weighted by Crippen LogP contribution is 2.21. The molecule has 0 atom stereocenters. The van der Waals surface area contributed by atoms with Crippen LogP contribution in [0.15, 0.2) is 72.8 Å². The average Bonchev–Trinajstić information content (AvgIpc) is 2.88. The Labute approximate surface area is 210 Å². The highest BCUT2D eigenvalue weighted by atomic mass is 16.1. The Balaban J connectivity index is 1.04. The third-order valence-electron chi connectivity index (χ3n) is 7.55. The molecule has 2 heterocycles. The topological polar surface area (TPSA) is 35.6 Å². The van der Waals surface area contributed by atoms with Crippen LogP contribution in [0.3, 0.4) is 0 Å². The van der Waals surface area contributed by atoms with Crippen molar-refractivity contribution in [2.75, 3.05) is 19.6 Å². The lowest BCUT2D eigenvalue weighted by Crippen LogP contribution is -2.40. The summed E-state index contributed by atoms with van der Waals surface area (Å²) in [5.41, 5.74) is 8.12. The van der Waals surface area contributed by atoms with Gasteiger partial charge < -0.3 is 5.32 Å². The second kappa shape index (κ2) is 11.2. The summed E-state index contributed by atoms with van der Waals surface area (Å²) < 4.78 is 0. The largest absolute Gasteiger partial charge is 0.352 e. The molecule has 182 valence electrons. The highest BCUT2D eigenvalue weighted by molar-refractivity contribution is 5.78. The smallest absolute Gasteiger partial charge is 0.223 e. The van der Waals surface area contributed by atoms with Gasteiger partial charge in [-0.25, -0.2) is 0 Å². The Morgan fingerprint density at radius 1 is 0.800 bits per heavy atom. The van der Waals surface area contributed by atoms with Crippen LogP contribution in [0.25, 0.3) is 0 Å². The summed E-state index contributed by atoms with van der Waals surface area (Å²) in [6.45, 7) is 8.81. The van der Waals surface area contributed by atoms with E-state index in [1.807, 2.05) is 0 Å². The second-order valence-corrected chi connectivity index (χ2v) is 10.3. The minimum absolute atomic E-state index is 0.130. The van der Waals surface area contributed by atoms with Gasteiger partial charge in [0, 0.05) is 38.6 Å². The van der Waals surface area contributed by atoms with Crippen molar-refractivity contribution in [3.05, 3.63) is 106 Å². The van der Waals surface area contributed by atoms with Gasteiger partial charge in [-0.3, -0.25) is 14.6 Å². The van der Waals surface area contributed by atoms with E-state index in [2.05, 4.69) is 94.8 Å². The molecule has 0 spiro atoms. The molecule has 1 fully saturated rings. The van der Waals surface area contributed by atoms with Crippen LogP contribution in [-0.4, -0.2) is 35.3 Å². The average molecular weight is 468 g/mol. The first-order valence-electron chi connectivity index (χ1n) is 13.0. The molecule has 0 unspecified atom stereocenters. The number of likely N-dealkylation sites (tertiary alicyclic amines) is 1. The SMILES string of the molecule is Cc1cccc(CN2CCC(C(=O)NCc3ccc(CN4CCc5ccccc5C4)cc3)CC2)c1. The van der Waals surface area contributed by atoms with E-state index in [1.54, 1.807) is 0 Å². The third kappa shape index (κ3) is 6.39. The van der Waals surface area contributed by atoms with Crippen molar-refractivity contribution < 1.29 is 4.79 Å². The molecule has 3 aromatic carbocycles. The van der Waals surface area contributed by atoms with Gasteiger partial charge in [-0.05, 0) is 67.1 Å². The number of aryl methyl sites for hydroxylation is 1. The van der Waals surface area contributed by atoms with E-state index in [0.29, 0.717) is 6.54 Å². The number of piperidine rings is 1. The molecule has 0 saturated carbocycles. The molecule has 5 rings (SSSR count). The number of benzene rings is 3. The number of nitrogens with one attached hydrogen (secondary N) is 1. The predicted molar refractivity (Wildman–Crippen MR) is 142 cm³/mol. The first kappa shape index (κ1) is 23.8. The van der Waals surface area contributed by atoms with Crippen molar-refractivity contribution in [3.8, 4) is 0 Å². The molecule has 1 amide bonds. The van der Waals surface area contributed by atoms with Crippen LogP contribution in [0.4, 0.5) is 0 Å². The van der Waals surface area contributed by atoms with E-state index in [9.17, 15) is 4.79 Å². The predicted octanol–water partition coefficient (Wildman–Crippen LogP) is 5.08. The van der Waals surface area contributed by atoms with Crippen LogP contribution in [0.1, 0.15) is 46.2 Å². The third-order valence-corrected chi connectivity index (χ3v) is 7.55. The Bertz CT molecular complexity index is 1130. The van der Waals surface area contributed by atoms with Crippen LogP contribution in [0.5, 0.6) is 0 Å². The van der Waals surface area contributed by atoms with Gasteiger partial charge in [-0.1, -0.05) is 78.4 Å². The van der Waals surface area contributed by atoms with Crippen molar-refractivity contribution in [3.63, 3.8) is 0 Å². The lowest BCUT2D eigenvalue weighted by molar-refractivity contribution is -0.126. The highest BCUT2D eigenvalue weighted by Gasteiger charge is 2.24. The number of hydrogen-bond donors (Lipinski definition) is 1. The summed E-state index contributed by atoms with van der Waals surface area (Å²) in [7, 11) is 0. The molecule has 2 aliphatic heterocycles. The summed E-state index contributed by atoms with van der Waals surface area (Å²) in [5.74, 6) is 0.335. The van der Waals surface area contributed by atoms with Crippen molar-refractivity contribution in [2.24, 2.45) is 5.92 Å². The van der Waals surface area contributed by atoms with E-state index < -0.39 is 0 Å². The van der Waals surface area contributed by atoms with Gasteiger partial charge in [-0.15, -0.1) is 0 Å². The van der Waals surface area contributed by atoms with Crippen LogP contribution in [0.2, 0.25) is 0 Å². The molecule has 0 radical (unpaired) electrons. The normalized spacial score (nSPS) is 17.2. The van der Waals surface area contributed by atoms with Crippen molar-refractivity contribution >= 4 is 5.91 Å². The molecule has 0 aliphatic carbocycles. The first-order chi connectivity index (χ1) is 17.1. The zero-order chi connectivity index (χ0) is 24.0. The van der Waals surface area contributed by atoms with Crippen LogP contribution in [0, 0.1) is 12.8 Å². The van der Waals surface area contributed by atoms with Gasteiger partial charge in [0.15, 0.2) is 0 Å². The molecule has 1 saturated heterocycles. The van der Waals surface area contributed by atoms with Crippen LogP contribution in [-0.2, 0) is 37.4 Å². The number of rotatable bonds is 7. The maximum absolute atomic E-state index is 12.8. The monoisotopic (exact) mass is 467 g/mol. The first-order valence-corrected chi connectivity index (χ1v) is 13.0. The summed E-state index contributed by atoms with van der Waals surface area (Å²) in [5, 5.41) is 3.18. The van der Waals surface area contributed by atoms with Gasteiger partial charge in [0.1, 0.15) is 0 Å². The summed E-state index contributed by atoms with van der Waals surface area (Å²) in [4.78, 5) is 17.8. The number of nitrogens with zero attached hydrogens (tertiary/aromatic N) is 2. The fourth-order valence-electron chi connectivity index (χ4n) is 5.47. The minimum Gasteiger partial charge on any atom is -0.352 e. The summed E-state index contributed by atoms with van der Waals surface area (Å²) in [6, 6.07) is 26.3. The molecule has 0 bridgehead atoms. The number of carbonyl (C=O) groups excluding carboxylic acids is 1. The van der Waals surface area contributed by atoms with E-state index in [0.717, 1.165) is 58.5 Å². The van der Waals surface area contributed by atoms with Gasteiger partial charge in [0.2, 0.25) is 5.91 Å². The van der Waals surface area contributed by atoms with Gasteiger partial charge >= 0.3 is 0 Å². The van der Waals surface area contributed by atoms with Crippen LogP contribution < -0.4 is 5.32 Å². The van der Waals surface area contributed by atoms with E-state index in [1.165, 1.54) is 33.4 Å². The van der Waals surface area contributed by atoms with Crippen molar-refractivity contribution in [1.29, 1.82) is 0 Å². The van der Waals surface area contributed by atoms with Crippen molar-refractivity contribution in [2.45, 2.75) is 52.4 Å². The minimum atomic E-state index is 0.130. The fourth-order valence-corrected chi connectivity index (χ4v) is 5.47. The van der Waals surface area contributed by atoms with E-state index in [4.69, 9.17) is 0 Å². The second-order valence-electron chi connectivity index (χ2n) is 10.3. The van der Waals surface area contributed by atoms with Gasteiger partial charge in [-0.2, -0.15) is 0 Å². The molecule has 1 N–H and O–H groups in total. The standard InChI is InChI=1S/C31H37N3O/c1-24-5-4-6-27(19-24)22-33-16-14-29(15-17-33)31(35)32-20-25-9-11-26(12-10-25)21-34-18-13-28-7-2-3-8-30(28)23-34/h2-12,19,29H,13-18,20-23H2,1H3,(H,32,35). The number of fused-ring (bicyclic) bond motifs is 1. The van der Waals surface area contributed by atoms with Crippen LogP contribution >= 0.6 is 0 Å². The summed E-state index contributed by atoms with van der Waals surface area (Å²) in [6.07, 6.45) is 3.01. The fraction of sp³-hybridized carbons (Fsp3) is 0.387. The lowest BCUT2D eigenvalue weighted by Gasteiger charge is -2.31. The quantitative estimate of drug-likeness (QED) is 0.526. The molecule has 35 heavy (non-hydrogen) atoms. The molecule has 4 nitrogen and oxygen atoms in total. The maximum atomic E-state index is 12.8. The van der Waals surface area contributed by atoms with E-state index in [-0.39, 0.29) is 11.8 Å². The number of carbonyl (C=O) groups is 1. The molecular weight excluding hydrogens is 430 g/mol. The molecule has 4 heteroatoms. The number of hydrogen-bond acceptors (Lipinski definition) is 3. The molecular formula is C31H37N3O. The molecule has 2 aliphatic rings.